The molecule has 1 aliphatic heterocycles. The minimum Gasteiger partial charge on any atom is -0.0937 e. The van der Waals surface area contributed by atoms with Crippen molar-refractivity contribution in [2.24, 2.45) is 0 Å². The van der Waals surface area contributed by atoms with Crippen molar-refractivity contribution in [2.45, 2.75) is 47.0 Å². The van der Waals surface area contributed by atoms with Gasteiger partial charge >= 0.3 is 0 Å². The highest BCUT2D eigenvalue weighted by atomic mass is 31.1. The van der Waals surface area contributed by atoms with Crippen molar-refractivity contribution >= 4 is 18.6 Å². The third-order valence-corrected chi connectivity index (χ3v) is 8.68. The lowest BCUT2D eigenvalue weighted by atomic mass is 9.93. The normalized spacial score (nSPS) is 16.6. The van der Waals surface area contributed by atoms with Crippen LogP contribution in [0.5, 0.6) is 0 Å². The van der Waals surface area contributed by atoms with E-state index < -0.39 is 7.55 Å². The van der Waals surface area contributed by atoms with Gasteiger partial charge in [0, 0.05) is 0 Å². The third kappa shape index (κ3) is 4.03. The molecule has 28 heavy (non-hydrogen) atoms. The average molecular weight is 387 g/mol. The molecule has 1 aliphatic rings. The van der Waals surface area contributed by atoms with E-state index >= 15 is 0 Å². The fourth-order valence-corrected chi connectivity index (χ4v) is 7.09. The molecule has 0 N–H and O–H groups in total. The van der Waals surface area contributed by atoms with E-state index in [9.17, 15) is 0 Å². The summed E-state index contributed by atoms with van der Waals surface area (Å²) in [5.41, 5.74) is 10.9. The molecule has 3 aromatic carbocycles. The molecule has 1 heteroatoms. The Bertz CT molecular complexity index is 986. The van der Waals surface area contributed by atoms with E-state index in [4.69, 9.17) is 0 Å². The zero-order chi connectivity index (χ0) is 19.7. The lowest BCUT2D eigenvalue weighted by Crippen LogP contribution is -2.06. The summed E-state index contributed by atoms with van der Waals surface area (Å²) < 4.78 is 0. The van der Waals surface area contributed by atoms with E-state index in [1.807, 2.05) is 0 Å². The van der Waals surface area contributed by atoms with E-state index in [0.717, 1.165) is 0 Å². The van der Waals surface area contributed by atoms with E-state index in [1.165, 1.54) is 69.9 Å². The monoisotopic (exact) mass is 386 g/mol. The smallest absolute Gasteiger partial charge is 0.0154 e. The SMILES string of the molecule is Cc1ccc(-c2cc(-c3ccc(C)cc3C)cc([PH]3=CCCCC3)c2)c(C)c1. The van der Waals surface area contributed by atoms with E-state index in [0.29, 0.717) is 0 Å². The van der Waals surface area contributed by atoms with Crippen molar-refractivity contribution < 1.29 is 0 Å². The fourth-order valence-electron chi connectivity index (χ4n) is 4.50. The Morgan fingerprint density at radius 2 is 1.21 bits per heavy atom. The van der Waals surface area contributed by atoms with E-state index in [-0.39, 0.29) is 0 Å². The van der Waals surface area contributed by atoms with Crippen LogP contribution in [0.15, 0.2) is 54.6 Å². The summed E-state index contributed by atoms with van der Waals surface area (Å²) in [5.74, 6) is 2.64. The van der Waals surface area contributed by atoms with Crippen molar-refractivity contribution in [1.82, 2.24) is 0 Å². The highest BCUT2D eigenvalue weighted by molar-refractivity contribution is 7.65. The summed E-state index contributed by atoms with van der Waals surface area (Å²) in [6.45, 7) is 8.84. The molecule has 0 amide bonds. The van der Waals surface area contributed by atoms with Gasteiger partial charge in [-0.1, -0.05) is 60.9 Å². The summed E-state index contributed by atoms with van der Waals surface area (Å²) in [6, 6.07) is 21.1. The first-order valence-corrected chi connectivity index (χ1v) is 12.3. The van der Waals surface area contributed by atoms with Crippen molar-refractivity contribution in [3.8, 4) is 22.3 Å². The molecule has 144 valence electrons. The zero-order valence-corrected chi connectivity index (χ0v) is 18.6. The molecule has 0 saturated heterocycles. The maximum Gasteiger partial charge on any atom is -0.0154 e. The first-order valence-electron chi connectivity index (χ1n) is 10.5. The van der Waals surface area contributed by atoms with Gasteiger partial charge in [0.25, 0.3) is 0 Å². The van der Waals surface area contributed by atoms with Gasteiger partial charge in [0.05, 0.1) is 0 Å². The summed E-state index contributed by atoms with van der Waals surface area (Å²) in [4.78, 5) is 0. The first kappa shape index (κ1) is 19.3. The van der Waals surface area contributed by atoms with Crippen LogP contribution in [0.25, 0.3) is 22.3 Å². The standard InChI is InChI=1S/C27H31P/c1-19-8-10-26(21(3)14-19)23-16-24(27-11-9-20(2)15-22(27)4)18-25(17-23)28-12-6-5-7-13-28/h8-12,14-18,28H,5-7,13H2,1-4H3. The first-order chi connectivity index (χ1) is 13.5. The molecule has 0 fully saturated rings. The number of hydrogen-bond acceptors (Lipinski definition) is 0. The lowest BCUT2D eigenvalue weighted by Gasteiger charge is -2.18. The van der Waals surface area contributed by atoms with Crippen LogP contribution in [0, 0.1) is 27.7 Å². The maximum atomic E-state index is 2.64. The van der Waals surface area contributed by atoms with Crippen LogP contribution in [-0.2, 0) is 0 Å². The van der Waals surface area contributed by atoms with Crippen molar-refractivity contribution in [3.05, 3.63) is 76.9 Å². The fraction of sp³-hybridized carbons (Fsp3) is 0.296. The van der Waals surface area contributed by atoms with Gasteiger partial charge in [-0.3, -0.25) is 0 Å². The van der Waals surface area contributed by atoms with Crippen LogP contribution in [-0.4, -0.2) is 12.0 Å². The molecular weight excluding hydrogens is 355 g/mol. The molecule has 0 nitrogen and oxygen atoms in total. The Kier molecular flexibility index (Phi) is 5.61. The number of rotatable bonds is 3. The second-order valence-electron chi connectivity index (χ2n) is 8.41. The summed E-state index contributed by atoms with van der Waals surface area (Å²) >= 11 is 0. The van der Waals surface area contributed by atoms with Gasteiger partial charge in [0.2, 0.25) is 0 Å². The molecule has 3 aromatic rings. The molecule has 4 rings (SSSR count). The molecule has 0 bridgehead atoms. The molecular formula is C27H31P. The molecule has 0 radical (unpaired) electrons. The van der Waals surface area contributed by atoms with E-state index in [2.05, 4.69) is 88.1 Å². The Hall–Kier alpha value is -2.04. The molecule has 0 aliphatic carbocycles. The quantitative estimate of drug-likeness (QED) is 0.422. The van der Waals surface area contributed by atoms with Gasteiger partial charge in [0.1, 0.15) is 0 Å². The Balaban J connectivity index is 1.91. The lowest BCUT2D eigenvalue weighted by molar-refractivity contribution is 0.846. The van der Waals surface area contributed by atoms with Gasteiger partial charge in [-0.2, -0.15) is 0 Å². The number of benzene rings is 3. The third-order valence-electron chi connectivity index (χ3n) is 5.98. The van der Waals surface area contributed by atoms with Crippen molar-refractivity contribution in [3.63, 3.8) is 0 Å². The molecule has 0 aromatic heterocycles. The topological polar surface area (TPSA) is 0 Å². The Morgan fingerprint density at radius 1 is 0.643 bits per heavy atom. The summed E-state index contributed by atoms with van der Waals surface area (Å²) in [7, 11) is -0.550. The summed E-state index contributed by atoms with van der Waals surface area (Å²) in [5, 5.41) is 1.58. The van der Waals surface area contributed by atoms with Crippen LogP contribution in [0.2, 0.25) is 0 Å². The second-order valence-corrected chi connectivity index (χ2v) is 10.9. The van der Waals surface area contributed by atoms with Crippen LogP contribution in [0.4, 0.5) is 0 Å². The largest absolute Gasteiger partial charge is 0.0937 e. The predicted molar refractivity (Wildman–Crippen MR) is 129 cm³/mol. The Labute approximate surface area is 171 Å². The highest BCUT2D eigenvalue weighted by Crippen LogP contribution is 2.35. The van der Waals surface area contributed by atoms with Crippen LogP contribution in [0.3, 0.4) is 0 Å². The predicted octanol–water partition coefficient (Wildman–Crippen LogP) is 7.08. The number of aryl methyl sites for hydroxylation is 4. The highest BCUT2D eigenvalue weighted by Gasteiger charge is 2.12. The second kappa shape index (κ2) is 8.14. The summed E-state index contributed by atoms with van der Waals surface area (Å²) in [6.07, 6.45) is 5.43. The van der Waals surface area contributed by atoms with Gasteiger partial charge in [-0.25, -0.2) is 0 Å². The van der Waals surface area contributed by atoms with Crippen LogP contribution < -0.4 is 5.30 Å². The minimum absolute atomic E-state index is 0.550. The van der Waals surface area contributed by atoms with Crippen molar-refractivity contribution in [2.75, 3.05) is 6.16 Å². The van der Waals surface area contributed by atoms with Crippen LogP contribution >= 0.6 is 7.55 Å². The van der Waals surface area contributed by atoms with Gasteiger partial charge < -0.3 is 0 Å². The molecule has 1 heterocycles. The Morgan fingerprint density at radius 3 is 1.68 bits per heavy atom. The zero-order valence-electron chi connectivity index (χ0n) is 17.6. The molecule has 0 spiro atoms. The molecule has 0 saturated carbocycles. The van der Waals surface area contributed by atoms with Gasteiger partial charge in [0.15, 0.2) is 0 Å². The van der Waals surface area contributed by atoms with Crippen molar-refractivity contribution in [1.29, 1.82) is 0 Å². The maximum absolute atomic E-state index is 2.64. The minimum atomic E-state index is -0.550. The van der Waals surface area contributed by atoms with Gasteiger partial charge in [-0.05, 0) is 110 Å². The van der Waals surface area contributed by atoms with Gasteiger partial charge in [-0.15, -0.1) is 0 Å². The molecule has 1 unspecified atom stereocenters. The molecule has 1 atom stereocenters. The average Bonchev–Trinajstić information content (AvgIpc) is 2.68. The van der Waals surface area contributed by atoms with Crippen LogP contribution in [0.1, 0.15) is 41.5 Å². The van der Waals surface area contributed by atoms with E-state index in [1.54, 1.807) is 5.30 Å². The number of hydrogen-bond donors (Lipinski definition) is 0.